The number of piperidine rings is 1. The number of nitrogens with zero attached hydrogens (tertiary/aromatic N) is 2. The van der Waals surface area contributed by atoms with Crippen molar-refractivity contribution in [2.45, 2.75) is 45.6 Å². The summed E-state index contributed by atoms with van der Waals surface area (Å²) in [7, 11) is 0. The van der Waals surface area contributed by atoms with E-state index >= 15 is 0 Å². The Morgan fingerprint density at radius 2 is 2.05 bits per heavy atom. The Hall–Kier alpha value is -1.78. The molecule has 1 N–H and O–H groups in total. The molecule has 1 saturated heterocycles. The number of hydrogen-bond donors (Lipinski definition) is 1. The lowest BCUT2D eigenvalue weighted by Crippen LogP contribution is -2.42. The number of rotatable bonds is 2. The van der Waals surface area contributed by atoms with E-state index in [1.807, 2.05) is 26.8 Å². The molecule has 2 rings (SSSR count). The Labute approximate surface area is 125 Å². The van der Waals surface area contributed by atoms with Crippen LogP contribution in [0.2, 0.25) is 0 Å². The van der Waals surface area contributed by atoms with Crippen molar-refractivity contribution in [3.8, 4) is 5.75 Å². The molecule has 0 radical (unpaired) electrons. The van der Waals surface area contributed by atoms with Crippen LogP contribution in [0.3, 0.4) is 0 Å². The first-order valence-corrected chi connectivity index (χ1v) is 7.45. The fraction of sp³-hybridized carbons (Fsp3) is 0.625. The largest absolute Gasteiger partial charge is 0.506 e. The standard InChI is InChI=1S/C16H24N2O3/c1-16(2,3)21-15(20)18-8-6-12(7-9-18)10-13-4-5-14(19)11-17-13/h4-5,11-12,19H,6-10H2,1-3H3. The normalized spacial score (nSPS) is 16.8. The van der Waals surface area contributed by atoms with Gasteiger partial charge < -0.3 is 14.7 Å². The van der Waals surface area contributed by atoms with Gasteiger partial charge in [-0.15, -0.1) is 0 Å². The molecular formula is C16H24N2O3. The number of ether oxygens (including phenoxy) is 1. The first-order chi connectivity index (χ1) is 9.83. The lowest BCUT2D eigenvalue weighted by molar-refractivity contribution is 0.0184. The van der Waals surface area contributed by atoms with Crippen molar-refractivity contribution < 1.29 is 14.6 Å². The summed E-state index contributed by atoms with van der Waals surface area (Å²) in [5.41, 5.74) is 0.549. The maximum atomic E-state index is 12.0. The summed E-state index contributed by atoms with van der Waals surface area (Å²) in [6.45, 7) is 7.12. The molecule has 0 atom stereocenters. The van der Waals surface area contributed by atoms with E-state index < -0.39 is 5.60 Å². The van der Waals surface area contributed by atoms with Gasteiger partial charge in [0.15, 0.2) is 0 Å². The molecule has 21 heavy (non-hydrogen) atoms. The number of carbonyl (C=O) groups is 1. The Morgan fingerprint density at radius 3 is 2.57 bits per heavy atom. The Morgan fingerprint density at radius 1 is 1.38 bits per heavy atom. The summed E-state index contributed by atoms with van der Waals surface area (Å²) < 4.78 is 5.39. The molecule has 1 fully saturated rings. The molecule has 0 aliphatic carbocycles. The van der Waals surface area contributed by atoms with Crippen LogP contribution in [0.4, 0.5) is 4.79 Å². The maximum Gasteiger partial charge on any atom is 0.410 e. The third kappa shape index (κ3) is 4.92. The van der Waals surface area contributed by atoms with Gasteiger partial charge in [0.05, 0.1) is 6.20 Å². The molecule has 116 valence electrons. The van der Waals surface area contributed by atoms with Crippen LogP contribution in [0, 0.1) is 5.92 Å². The van der Waals surface area contributed by atoms with E-state index in [-0.39, 0.29) is 11.8 Å². The summed E-state index contributed by atoms with van der Waals surface area (Å²) in [4.78, 5) is 18.0. The van der Waals surface area contributed by atoms with Gasteiger partial charge in [0, 0.05) is 18.8 Å². The summed E-state index contributed by atoms with van der Waals surface area (Å²) in [5, 5.41) is 9.23. The molecule has 0 spiro atoms. The monoisotopic (exact) mass is 292 g/mol. The molecular weight excluding hydrogens is 268 g/mol. The number of hydrogen-bond acceptors (Lipinski definition) is 4. The predicted molar refractivity (Wildman–Crippen MR) is 80.1 cm³/mol. The zero-order valence-corrected chi connectivity index (χ0v) is 13.0. The first kappa shape index (κ1) is 15.6. The smallest absolute Gasteiger partial charge is 0.410 e. The number of carbonyl (C=O) groups excluding carboxylic acids is 1. The number of amides is 1. The summed E-state index contributed by atoms with van der Waals surface area (Å²) in [5.74, 6) is 0.722. The topological polar surface area (TPSA) is 62.7 Å². The van der Waals surface area contributed by atoms with Crippen molar-refractivity contribution in [2.75, 3.05) is 13.1 Å². The average Bonchev–Trinajstić information content (AvgIpc) is 2.40. The molecule has 0 bridgehead atoms. The Bertz CT molecular complexity index is 471. The van der Waals surface area contributed by atoms with E-state index in [0.29, 0.717) is 5.92 Å². The van der Waals surface area contributed by atoms with E-state index in [1.54, 1.807) is 11.0 Å². The highest BCUT2D eigenvalue weighted by Gasteiger charge is 2.26. The van der Waals surface area contributed by atoms with E-state index in [2.05, 4.69) is 4.98 Å². The van der Waals surface area contributed by atoms with Crippen molar-refractivity contribution in [1.82, 2.24) is 9.88 Å². The van der Waals surface area contributed by atoms with Crippen LogP contribution in [0.5, 0.6) is 5.75 Å². The average molecular weight is 292 g/mol. The number of aromatic hydroxyl groups is 1. The second kappa shape index (κ2) is 6.33. The Kier molecular flexibility index (Phi) is 4.70. The van der Waals surface area contributed by atoms with Crippen LogP contribution < -0.4 is 0 Å². The third-order valence-electron chi connectivity index (χ3n) is 3.57. The molecule has 0 aromatic carbocycles. The second-order valence-electron chi connectivity index (χ2n) is 6.62. The summed E-state index contributed by atoms with van der Waals surface area (Å²) in [6, 6.07) is 3.52. The molecule has 1 aromatic rings. The molecule has 2 heterocycles. The van der Waals surface area contributed by atoms with Crippen LogP contribution in [-0.4, -0.2) is 39.8 Å². The highest BCUT2D eigenvalue weighted by atomic mass is 16.6. The van der Waals surface area contributed by atoms with Gasteiger partial charge in [0.25, 0.3) is 0 Å². The quantitative estimate of drug-likeness (QED) is 0.910. The van der Waals surface area contributed by atoms with Gasteiger partial charge in [0.1, 0.15) is 11.4 Å². The Balaban J connectivity index is 1.80. The maximum absolute atomic E-state index is 12.0. The summed E-state index contributed by atoms with van der Waals surface area (Å²) >= 11 is 0. The highest BCUT2D eigenvalue weighted by molar-refractivity contribution is 5.68. The molecule has 1 aromatic heterocycles. The van der Waals surface area contributed by atoms with Gasteiger partial charge >= 0.3 is 6.09 Å². The van der Waals surface area contributed by atoms with Crippen LogP contribution in [0.25, 0.3) is 0 Å². The van der Waals surface area contributed by atoms with Crippen LogP contribution in [0.1, 0.15) is 39.3 Å². The van der Waals surface area contributed by atoms with Crippen LogP contribution in [-0.2, 0) is 11.2 Å². The van der Waals surface area contributed by atoms with Crippen molar-refractivity contribution in [3.63, 3.8) is 0 Å². The number of aromatic nitrogens is 1. The second-order valence-corrected chi connectivity index (χ2v) is 6.62. The minimum Gasteiger partial charge on any atom is -0.506 e. The lowest BCUT2D eigenvalue weighted by Gasteiger charge is -2.33. The highest BCUT2D eigenvalue weighted by Crippen LogP contribution is 2.23. The number of likely N-dealkylation sites (tertiary alicyclic amines) is 1. The molecule has 5 heteroatoms. The van der Waals surface area contributed by atoms with Crippen LogP contribution in [0.15, 0.2) is 18.3 Å². The van der Waals surface area contributed by atoms with E-state index in [9.17, 15) is 9.90 Å². The molecule has 5 nitrogen and oxygen atoms in total. The van der Waals surface area contributed by atoms with Crippen molar-refractivity contribution in [1.29, 1.82) is 0 Å². The zero-order chi connectivity index (χ0) is 15.5. The van der Waals surface area contributed by atoms with Gasteiger partial charge in [-0.25, -0.2) is 4.79 Å². The zero-order valence-electron chi connectivity index (χ0n) is 13.0. The van der Waals surface area contributed by atoms with E-state index in [1.165, 1.54) is 6.20 Å². The van der Waals surface area contributed by atoms with Gasteiger partial charge in [-0.3, -0.25) is 4.98 Å². The van der Waals surface area contributed by atoms with Crippen molar-refractivity contribution in [3.05, 3.63) is 24.0 Å². The van der Waals surface area contributed by atoms with E-state index in [4.69, 9.17) is 4.74 Å². The molecule has 1 aliphatic heterocycles. The van der Waals surface area contributed by atoms with Crippen LogP contribution >= 0.6 is 0 Å². The van der Waals surface area contributed by atoms with Crippen molar-refractivity contribution >= 4 is 6.09 Å². The van der Waals surface area contributed by atoms with Gasteiger partial charge in [-0.05, 0) is 58.1 Å². The van der Waals surface area contributed by atoms with Gasteiger partial charge in [0.2, 0.25) is 0 Å². The fourth-order valence-corrected chi connectivity index (χ4v) is 2.48. The third-order valence-corrected chi connectivity index (χ3v) is 3.57. The minimum absolute atomic E-state index is 0.193. The van der Waals surface area contributed by atoms with E-state index in [0.717, 1.165) is 38.0 Å². The fourth-order valence-electron chi connectivity index (χ4n) is 2.48. The summed E-state index contributed by atoms with van der Waals surface area (Å²) in [6.07, 6.45) is 4.07. The lowest BCUT2D eigenvalue weighted by atomic mass is 9.92. The SMILES string of the molecule is CC(C)(C)OC(=O)N1CCC(Cc2ccc(O)cn2)CC1. The first-order valence-electron chi connectivity index (χ1n) is 7.45. The molecule has 0 unspecified atom stereocenters. The number of pyridine rings is 1. The minimum atomic E-state index is -0.441. The van der Waals surface area contributed by atoms with Gasteiger partial charge in [-0.2, -0.15) is 0 Å². The van der Waals surface area contributed by atoms with Crippen molar-refractivity contribution in [2.24, 2.45) is 5.92 Å². The molecule has 1 amide bonds. The molecule has 0 saturated carbocycles. The molecule has 1 aliphatic rings. The predicted octanol–water partition coefficient (Wildman–Crippen LogP) is 2.98. The van der Waals surface area contributed by atoms with Gasteiger partial charge in [-0.1, -0.05) is 0 Å².